The van der Waals surface area contributed by atoms with Gasteiger partial charge in [-0.05, 0) is 12.1 Å². The number of para-hydroxylation sites is 1. The second-order valence-corrected chi connectivity index (χ2v) is 4.50. The Kier molecular flexibility index (Phi) is 1.75. The fraction of sp³-hybridized carbons (Fsp3) is 0.0667. The van der Waals surface area contributed by atoms with Crippen LogP contribution in [-0.2, 0) is 7.05 Å². The molecule has 3 aromatic heterocycles. The van der Waals surface area contributed by atoms with E-state index >= 15 is 0 Å². The maximum atomic E-state index is 4.58. The number of hydrogen-bond acceptors (Lipinski definition) is 2. The molecule has 0 N–H and O–H groups in total. The van der Waals surface area contributed by atoms with E-state index in [1.807, 2.05) is 18.5 Å². The van der Waals surface area contributed by atoms with Crippen molar-refractivity contribution in [3.8, 4) is 0 Å². The molecule has 3 nitrogen and oxygen atoms in total. The van der Waals surface area contributed by atoms with E-state index in [0.717, 1.165) is 11.0 Å². The summed E-state index contributed by atoms with van der Waals surface area (Å²) in [4.78, 5) is 8.82. The molecule has 18 heavy (non-hydrogen) atoms. The molecule has 0 aliphatic heterocycles. The molecule has 0 fully saturated rings. The highest BCUT2D eigenvalue weighted by Crippen LogP contribution is 2.31. The van der Waals surface area contributed by atoms with Gasteiger partial charge in [0.2, 0.25) is 0 Å². The first-order chi connectivity index (χ1) is 8.86. The van der Waals surface area contributed by atoms with Crippen LogP contribution in [0.5, 0.6) is 0 Å². The topological polar surface area (TPSA) is 30.7 Å². The lowest BCUT2D eigenvalue weighted by Gasteiger charge is -1.99. The predicted molar refractivity (Wildman–Crippen MR) is 73.5 cm³/mol. The van der Waals surface area contributed by atoms with E-state index in [1.165, 1.54) is 21.7 Å². The second-order valence-electron chi connectivity index (χ2n) is 4.50. The standard InChI is InChI=1S/C15H11N3/c1-18-13-5-3-2-4-11(13)14-12-9-16-7-6-10(12)8-17-15(14)18/h2-9H,1H3. The fourth-order valence-electron chi connectivity index (χ4n) is 2.65. The van der Waals surface area contributed by atoms with Gasteiger partial charge in [0.05, 0.1) is 5.52 Å². The summed E-state index contributed by atoms with van der Waals surface area (Å²) in [5.41, 5.74) is 2.22. The Morgan fingerprint density at radius 2 is 1.89 bits per heavy atom. The van der Waals surface area contributed by atoms with E-state index in [-0.39, 0.29) is 0 Å². The summed E-state index contributed by atoms with van der Waals surface area (Å²) in [7, 11) is 2.06. The third kappa shape index (κ3) is 1.08. The first-order valence-corrected chi connectivity index (χ1v) is 5.92. The van der Waals surface area contributed by atoms with Crippen molar-refractivity contribution in [2.75, 3.05) is 0 Å². The third-order valence-corrected chi connectivity index (χ3v) is 3.53. The van der Waals surface area contributed by atoms with Crippen molar-refractivity contribution in [1.29, 1.82) is 0 Å². The molecule has 0 spiro atoms. The molecule has 3 heterocycles. The Balaban J connectivity index is 2.41. The van der Waals surface area contributed by atoms with Crippen molar-refractivity contribution in [3.05, 3.63) is 48.9 Å². The summed E-state index contributed by atoms with van der Waals surface area (Å²) in [6.45, 7) is 0. The zero-order valence-electron chi connectivity index (χ0n) is 9.96. The lowest BCUT2D eigenvalue weighted by Crippen LogP contribution is -1.89. The molecule has 0 aliphatic rings. The zero-order chi connectivity index (χ0) is 12.1. The van der Waals surface area contributed by atoms with E-state index < -0.39 is 0 Å². The highest BCUT2D eigenvalue weighted by atomic mass is 15.0. The molecule has 1 aromatic carbocycles. The number of hydrogen-bond donors (Lipinski definition) is 0. The Hall–Kier alpha value is -2.42. The minimum absolute atomic E-state index is 1.01. The fourth-order valence-corrected chi connectivity index (χ4v) is 2.65. The quantitative estimate of drug-likeness (QED) is 0.466. The molecule has 0 atom stereocenters. The maximum absolute atomic E-state index is 4.58. The minimum atomic E-state index is 1.01. The van der Waals surface area contributed by atoms with Crippen LogP contribution in [0.4, 0.5) is 0 Å². The summed E-state index contributed by atoms with van der Waals surface area (Å²) in [6, 6.07) is 10.4. The lowest BCUT2D eigenvalue weighted by molar-refractivity contribution is 0.991. The largest absolute Gasteiger partial charge is 0.328 e. The molecule has 0 saturated heterocycles. The predicted octanol–water partition coefficient (Wildman–Crippen LogP) is 3.27. The van der Waals surface area contributed by atoms with Gasteiger partial charge in [-0.25, -0.2) is 4.98 Å². The van der Waals surface area contributed by atoms with Crippen LogP contribution in [0.2, 0.25) is 0 Å². The van der Waals surface area contributed by atoms with E-state index in [1.54, 1.807) is 6.20 Å². The van der Waals surface area contributed by atoms with Gasteiger partial charge in [0.1, 0.15) is 5.65 Å². The number of rotatable bonds is 0. The molecule has 0 aliphatic carbocycles. The van der Waals surface area contributed by atoms with E-state index in [4.69, 9.17) is 0 Å². The average molecular weight is 233 g/mol. The Morgan fingerprint density at radius 1 is 1.00 bits per heavy atom. The minimum Gasteiger partial charge on any atom is -0.328 e. The SMILES string of the molecule is Cn1c2ccccc2c2c3cnccc3cnc21. The summed E-state index contributed by atoms with van der Waals surface area (Å²) in [5.74, 6) is 0. The van der Waals surface area contributed by atoms with Gasteiger partial charge in [0.25, 0.3) is 0 Å². The molecular weight excluding hydrogens is 222 g/mol. The molecule has 4 aromatic rings. The molecule has 3 heteroatoms. The van der Waals surface area contributed by atoms with Gasteiger partial charge in [-0.1, -0.05) is 18.2 Å². The monoisotopic (exact) mass is 233 g/mol. The number of pyridine rings is 2. The first kappa shape index (κ1) is 9.59. The smallest absolute Gasteiger partial charge is 0.141 e. The van der Waals surface area contributed by atoms with Crippen LogP contribution in [0.3, 0.4) is 0 Å². The Labute approximate surface area is 104 Å². The van der Waals surface area contributed by atoms with Crippen LogP contribution < -0.4 is 0 Å². The first-order valence-electron chi connectivity index (χ1n) is 5.92. The second kappa shape index (κ2) is 3.29. The number of benzene rings is 1. The number of fused-ring (bicyclic) bond motifs is 5. The summed E-state index contributed by atoms with van der Waals surface area (Å²) in [6.07, 6.45) is 5.64. The third-order valence-electron chi connectivity index (χ3n) is 3.53. The number of nitrogens with zero attached hydrogens (tertiary/aromatic N) is 3. The molecule has 0 saturated carbocycles. The highest BCUT2D eigenvalue weighted by molar-refractivity contribution is 6.18. The van der Waals surface area contributed by atoms with Gasteiger partial charge in [0, 0.05) is 47.2 Å². The van der Waals surface area contributed by atoms with Crippen LogP contribution in [0, 0.1) is 0 Å². The molecule has 0 radical (unpaired) electrons. The van der Waals surface area contributed by atoms with E-state index in [0.29, 0.717) is 0 Å². The van der Waals surface area contributed by atoms with Gasteiger partial charge in [-0.2, -0.15) is 0 Å². The normalized spacial score (nSPS) is 11.6. The molecule has 0 amide bonds. The van der Waals surface area contributed by atoms with Crippen LogP contribution in [-0.4, -0.2) is 14.5 Å². The van der Waals surface area contributed by atoms with Gasteiger partial charge in [-0.3, -0.25) is 4.98 Å². The lowest BCUT2D eigenvalue weighted by atomic mass is 10.1. The van der Waals surface area contributed by atoms with Crippen molar-refractivity contribution in [3.63, 3.8) is 0 Å². The van der Waals surface area contributed by atoms with Crippen LogP contribution in [0.25, 0.3) is 32.7 Å². The highest BCUT2D eigenvalue weighted by Gasteiger charge is 2.11. The van der Waals surface area contributed by atoms with Crippen LogP contribution in [0.1, 0.15) is 0 Å². The van der Waals surface area contributed by atoms with Crippen LogP contribution >= 0.6 is 0 Å². The molecule has 86 valence electrons. The van der Waals surface area contributed by atoms with Gasteiger partial charge in [-0.15, -0.1) is 0 Å². The van der Waals surface area contributed by atoms with E-state index in [9.17, 15) is 0 Å². The average Bonchev–Trinajstić information content (AvgIpc) is 2.73. The zero-order valence-corrected chi connectivity index (χ0v) is 9.96. The van der Waals surface area contributed by atoms with Crippen molar-refractivity contribution < 1.29 is 0 Å². The van der Waals surface area contributed by atoms with Crippen molar-refractivity contribution >= 4 is 32.7 Å². The van der Waals surface area contributed by atoms with Crippen molar-refractivity contribution in [2.45, 2.75) is 0 Å². The molecular formula is C15H11N3. The molecule has 0 unspecified atom stereocenters. The maximum Gasteiger partial charge on any atom is 0.141 e. The van der Waals surface area contributed by atoms with Gasteiger partial charge in [0.15, 0.2) is 0 Å². The number of aromatic nitrogens is 3. The van der Waals surface area contributed by atoms with Crippen molar-refractivity contribution in [1.82, 2.24) is 14.5 Å². The summed E-state index contributed by atoms with van der Waals surface area (Å²) in [5, 5.41) is 4.73. The van der Waals surface area contributed by atoms with Gasteiger partial charge < -0.3 is 4.57 Å². The van der Waals surface area contributed by atoms with Gasteiger partial charge >= 0.3 is 0 Å². The summed E-state index contributed by atoms with van der Waals surface area (Å²) < 4.78 is 2.14. The number of aryl methyl sites for hydroxylation is 1. The Bertz CT molecular complexity index is 890. The molecule has 4 rings (SSSR count). The van der Waals surface area contributed by atoms with Crippen LogP contribution in [0.15, 0.2) is 48.9 Å². The summed E-state index contributed by atoms with van der Waals surface area (Å²) >= 11 is 0. The van der Waals surface area contributed by atoms with Crippen molar-refractivity contribution in [2.24, 2.45) is 7.05 Å². The molecule has 0 bridgehead atoms. The van der Waals surface area contributed by atoms with E-state index in [2.05, 4.69) is 45.8 Å². The Morgan fingerprint density at radius 3 is 2.83 bits per heavy atom.